The van der Waals surface area contributed by atoms with Crippen LogP contribution in [0.3, 0.4) is 0 Å². The maximum absolute atomic E-state index is 12.6. The van der Waals surface area contributed by atoms with E-state index in [1.807, 2.05) is 73.1 Å². The Kier molecular flexibility index (Phi) is 4.72. The normalized spacial score (nSPS) is 12.1. The van der Waals surface area contributed by atoms with E-state index in [0.29, 0.717) is 11.3 Å². The predicted octanol–water partition coefficient (Wildman–Crippen LogP) is 3.97. The minimum absolute atomic E-state index is 0.308. The number of hydrogen-bond donors (Lipinski definition) is 2. The van der Waals surface area contributed by atoms with Crippen LogP contribution in [0.4, 0.5) is 4.79 Å². The molecule has 0 unspecified atom stereocenters. The van der Waals surface area contributed by atoms with Crippen molar-refractivity contribution in [2.24, 2.45) is 7.05 Å². The van der Waals surface area contributed by atoms with Crippen LogP contribution in [0.25, 0.3) is 21.9 Å². The number of benzene rings is 2. The van der Waals surface area contributed by atoms with E-state index in [2.05, 4.69) is 10.9 Å². The third-order valence-corrected chi connectivity index (χ3v) is 5.18. The highest BCUT2D eigenvalue weighted by molar-refractivity contribution is 6.07. The van der Waals surface area contributed by atoms with Gasteiger partial charge in [-0.1, -0.05) is 36.4 Å². The van der Waals surface area contributed by atoms with Gasteiger partial charge in [-0.15, -0.1) is 0 Å². The average Bonchev–Trinajstić information content (AvgIpc) is 3.32. The number of nitrogens with zero attached hydrogens (tertiary/aromatic N) is 2. The van der Waals surface area contributed by atoms with E-state index in [-0.39, 0.29) is 11.9 Å². The quantitative estimate of drug-likeness (QED) is 0.520. The lowest BCUT2D eigenvalue weighted by Crippen LogP contribution is -2.48. The molecule has 1 atom stereocenters. The van der Waals surface area contributed by atoms with Crippen molar-refractivity contribution in [3.8, 4) is 0 Å². The van der Waals surface area contributed by atoms with Gasteiger partial charge >= 0.3 is 6.03 Å². The Morgan fingerprint density at radius 2 is 1.79 bits per heavy atom. The minimum Gasteiger partial charge on any atom is -0.459 e. The number of hydrazine groups is 1. The number of carbonyl (C=O) groups is 2. The number of para-hydroxylation sites is 2. The number of furan rings is 1. The summed E-state index contributed by atoms with van der Waals surface area (Å²) in [7, 11) is 3.53. The Morgan fingerprint density at radius 1 is 1.07 bits per heavy atom. The Hall–Kier alpha value is -3.74. The molecule has 148 valence electrons. The standard InChI is InChI=1S/C22H22N4O3/c1-14(20-12-15-8-4-7-11-19(15)29-20)26(3)22(28)24-23-21(27)17-13-25(2)18-10-6-5-9-16(17)18/h4-14H,1-3H3,(H,23,27)(H,24,28)/t14-/m0/s1. The van der Waals surface area contributed by atoms with Crippen LogP contribution in [0.5, 0.6) is 0 Å². The molecule has 7 heteroatoms. The molecule has 0 aliphatic carbocycles. The zero-order valence-corrected chi connectivity index (χ0v) is 16.5. The number of rotatable bonds is 3. The molecule has 0 saturated carbocycles. The second-order valence-corrected chi connectivity index (χ2v) is 7.03. The van der Waals surface area contributed by atoms with Crippen molar-refractivity contribution in [3.05, 3.63) is 72.1 Å². The van der Waals surface area contributed by atoms with Gasteiger partial charge in [0.05, 0.1) is 11.6 Å². The van der Waals surface area contributed by atoms with Crippen molar-refractivity contribution in [3.63, 3.8) is 0 Å². The topological polar surface area (TPSA) is 79.5 Å². The van der Waals surface area contributed by atoms with Crippen LogP contribution in [0.1, 0.15) is 29.1 Å². The van der Waals surface area contributed by atoms with Crippen molar-refractivity contribution >= 4 is 33.8 Å². The van der Waals surface area contributed by atoms with E-state index in [4.69, 9.17) is 4.42 Å². The number of urea groups is 1. The summed E-state index contributed by atoms with van der Waals surface area (Å²) in [5.74, 6) is 0.296. The van der Waals surface area contributed by atoms with E-state index >= 15 is 0 Å². The molecule has 2 heterocycles. The highest BCUT2D eigenvalue weighted by atomic mass is 16.3. The minimum atomic E-state index is -0.438. The first-order valence-corrected chi connectivity index (χ1v) is 9.31. The molecule has 2 aromatic heterocycles. The third kappa shape index (κ3) is 3.42. The van der Waals surface area contributed by atoms with Crippen molar-refractivity contribution in [2.45, 2.75) is 13.0 Å². The lowest BCUT2D eigenvalue weighted by molar-refractivity contribution is 0.0930. The smallest absolute Gasteiger partial charge is 0.336 e. The summed E-state index contributed by atoms with van der Waals surface area (Å²) in [6.45, 7) is 1.86. The fourth-order valence-electron chi connectivity index (χ4n) is 3.36. The molecule has 0 radical (unpaired) electrons. The molecule has 2 aromatic carbocycles. The first-order valence-electron chi connectivity index (χ1n) is 9.31. The molecule has 0 saturated heterocycles. The van der Waals surface area contributed by atoms with Gasteiger partial charge < -0.3 is 13.9 Å². The first-order chi connectivity index (χ1) is 14.0. The predicted molar refractivity (Wildman–Crippen MR) is 111 cm³/mol. The lowest BCUT2D eigenvalue weighted by Gasteiger charge is -2.23. The summed E-state index contributed by atoms with van der Waals surface area (Å²) < 4.78 is 7.71. The molecule has 4 rings (SSSR count). The molecule has 3 amide bonds. The number of carbonyl (C=O) groups excluding carboxylic acids is 2. The van der Waals surface area contributed by atoms with E-state index in [1.165, 1.54) is 4.90 Å². The molecule has 2 N–H and O–H groups in total. The summed E-state index contributed by atoms with van der Waals surface area (Å²) in [4.78, 5) is 26.6. The van der Waals surface area contributed by atoms with Gasteiger partial charge in [-0.3, -0.25) is 10.2 Å². The molecule has 0 aliphatic rings. The van der Waals surface area contributed by atoms with Gasteiger partial charge in [0.1, 0.15) is 11.3 Å². The van der Waals surface area contributed by atoms with Crippen molar-refractivity contribution in [1.82, 2.24) is 20.3 Å². The van der Waals surface area contributed by atoms with Gasteiger partial charge in [0.25, 0.3) is 5.91 Å². The molecule has 0 bridgehead atoms. The van der Waals surface area contributed by atoms with Crippen LogP contribution in [-0.4, -0.2) is 28.5 Å². The van der Waals surface area contributed by atoms with Crippen molar-refractivity contribution in [1.29, 1.82) is 0 Å². The monoisotopic (exact) mass is 390 g/mol. The van der Waals surface area contributed by atoms with Crippen molar-refractivity contribution in [2.75, 3.05) is 7.05 Å². The van der Waals surface area contributed by atoms with Crippen LogP contribution in [0, 0.1) is 0 Å². The second-order valence-electron chi connectivity index (χ2n) is 7.03. The number of aryl methyl sites for hydroxylation is 1. The van der Waals surface area contributed by atoms with Gasteiger partial charge in [0.2, 0.25) is 0 Å². The molecule has 7 nitrogen and oxygen atoms in total. The number of fused-ring (bicyclic) bond motifs is 2. The maximum atomic E-state index is 12.6. The molecule has 4 aromatic rings. The Labute approximate surface area is 167 Å². The lowest BCUT2D eigenvalue weighted by atomic mass is 10.2. The van der Waals surface area contributed by atoms with Crippen molar-refractivity contribution < 1.29 is 14.0 Å². The maximum Gasteiger partial charge on any atom is 0.336 e. The second kappa shape index (κ2) is 7.35. The highest BCUT2D eigenvalue weighted by Crippen LogP contribution is 2.26. The fourth-order valence-corrected chi connectivity index (χ4v) is 3.36. The summed E-state index contributed by atoms with van der Waals surface area (Å²) in [5.41, 5.74) is 7.18. The average molecular weight is 390 g/mol. The SMILES string of the molecule is C[C@@H](c1cc2ccccc2o1)N(C)C(=O)NNC(=O)c1cn(C)c2ccccc12. The van der Waals surface area contributed by atoms with Gasteiger partial charge in [-0.25, -0.2) is 10.2 Å². The molecular formula is C22H22N4O3. The van der Waals surface area contributed by atoms with Crippen LogP contribution in [0.15, 0.2) is 65.2 Å². The largest absolute Gasteiger partial charge is 0.459 e. The Bertz CT molecular complexity index is 1170. The molecule has 0 fully saturated rings. The highest BCUT2D eigenvalue weighted by Gasteiger charge is 2.22. The molecular weight excluding hydrogens is 368 g/mol. The Morgan fingerprint density at radius 3 is 2.59 bits per heavy atom. The fraction of sp³-hybridized carbons (Fsp3) is 0.182. The third-order valence-electron chi connectivity index (χ3n) is 5.18. The van der Waals surface area contributed by atoms with Gasteiger partial charge in [0.15, 0.2) is 0 Å². The number of amides is 3. The van der Waals surface area contributed by atoms with E-state index < -0.39 is 6.03 Å². The first kappa shape index (κ1) is 18.6. The van der Waals surface area contributed by atoms with Crippen LogP contribution in [-0.2, 0) is 7.05 Å². The van der Waals surface area contributed by atoms with E-state index in [0.717, 1.165) is 21.9 Å². The van der Waals surface area contributed by atoms with Gasteiger partial charge in [-0.05, 0) is 25.1 Å². The van der Waals surface area contributed by atoms with E-state index in [9.17, 15) is 9.59 Å². The Balaban J connectivity index is 1.43. The van der Waals surface area contributed by atoms with Crippen LogP contribution >= 0.6 is 0 Å². The van der Waals surface area contributed by atoms with Gasteiger partial charge in [-0.2, -0.15) is 0 Å². The number of nitrogens with one attached hydrogen (secondary N) is 2. The molecule has 29 heavy (non-hydrogen) atoms. The summed E-state index contributed by atoms with van der Waals surface area (Å²) in [6.07, 6.45) is 1.74. The zero-order valence-electron chi connectivity index (χ0n) is 16.5. The van der Waals surface area contributed by atoms with Gasteiger partial charge in [0, 0.05) is 36.6 Å². The molecule has 0 aliphatic heterocycles. The summed E-state index contributed by atoms with van der Waals surface area (Å²) in [5, 5.41) is 1.80. The molecule has 0 spiro atoms. The zero-order chi connectivity index (χ0) is 20.5. The number of hydrogen-bond acceptors (Lipinski definition) is 3. The number of aromatic nitrogens is 1. The summed E-state index contributed by atoms with van der Waals surface area (Å²) in [6, 6.07) is 16.5. The van der Waals surface area contributed by atoms with Crippen LogP contribution in [0.2, 0.25) is 0 Å². The van der Waals surface area contributed by atoms with E-state index in [1.54, 1.807) is 13.2 Å². The summed E-state index contributed by atoms with van der Waals surface area (Å²) >= 11 is 0. The van der Waals surface area contributed by atoms with Crippen LogP contribution < -0.4 is 10.9 Å².